The van der Waals surface area contributed by atoms with Gasteiger partial charge in [0.05, 0.1) is 6.04 Å². The highest BCUT2D eigenvalue weighted by atomic mass is 16.4. The molecule has 0 aromatic rings. The van der Waals surface area contributed by atoms with Crippen molar-refractivity contribution in [3.05, 3.63) is 0 Å². The quantitative estimate of drug-likeness (QED) is 0.425. The van der Waals surface area contributed by atoms with Crippen LogP contribution in [0.1, 0.15) is 47.0 Å². The minimum Gasteiger partial charge on any atom is -0.480 e. The van der Waals surface area contributed by atoms with Gasteiger partial charge >= 0.3 is 5.97 Å². The molecule has 0 bridgehead atoms. The number of carboxylic acids is 1. The Balaban J connectivity index is 4.69. The molecule has 0 saturated heterocycles. The van der Waals surface area contributed by atoms with Gasteiger partial charge in [-0.2, -0.15) is 0 Å². The SMILES string of the molecule is CC(C)C(NC(CCCCN)C(=O)NCC(=O)O)C(C)C. The first-order valence-electron chi connectivity index (χ1n) is 7.75. The van der Waals surface area contributed by atoms with Gasteiger partial charge in [-0.15, -0.1) is 0 Å². The highest BCUT2D eigenvalue weighted by Crippen LogP contribution is 2.14. The van der Waals surface area contributed by atoms with Crippen molar-refractivity contribution in [2.45, 2.75) is 59.0 Å². The Kier molecular flexibility index (Phi) is 9.99. The minimum absolute atomic E-state index is 0.212. The summed E-state index contributed by atoms with van der Waals surface area (Å²) in [7, 11) is 0. The Bertz CT molecular complexity index is 311. The molecule has 0 fully saturated rings. The fraction of sp³-hybridized carbons (Fsp3) is 0.867. The summed E-state index contributed by atoms with van der Waals surface area (Å²) in [5.74, 6) is -0.488. The molecule has 1 amide bonds. The summed E-state index contributed by atoms with van der Waals surface area (Å²) in [4.78, 5) is 22.7. The van der Waals surface area contributed by atoms with Crippen LogP contribution in [0.2, 0.25) is 0 Å². The second-order valence-electron chi connectivity index (χ2n) is 6.13. The number of carbonyl (C=O) groups is 2. The van der Waals surface area contributed by atoms with Gasteiger partial charge in [-0.25, -0.2) is 0 Å². The maximum Gasteiger partial charge on any atom is 0.322 e. The summed E-state index contributed by atoms with van der Waals surface area (Å²) < 4.78 is 0. The van der Waals surface area contributed by atoms with Gasteiger partial charge in [0, 0.05) is 6.04 Å². The van der Waals surface area contributed by atoms with Gasteiger partial charge in [0.1, 0.15) is 6.54 Å². The van der Waals surface area contributed by atoms with E-state index in [1.165, 1.54) is 0 Å². The molecule has 5 N–H and O–H groups in total. The van der Waals surface area contributed by atoms with Gasteiger partial charge in [0.25, 0.3) is 0 Å². The molecule has 0 aliphatic carbocycles. The number of hydrogen-bond donors (Lipinski definition) is 4. The molecule has 0 aliphatic rings. The molecular weight excluding hydrogens is 270 g/mol. The Hall–Kier alpha value is -1.14. The van der Waals surface area contributed by atoms with Crippen LogP contribution in [-0.2, 0) is 9.59 Å². The zero-order chi connectivity index (χ0) is 16.4. The number of unbranched alkanes of at least 4 members (excludes halogenated alkanes) is 1. The zero-order valence-corrected chi connectivity index (χ0v) is 13.7. The summed E-state index contributed by atoms with van der Waals surface area (Å²) in [5, 5.41) is 14.5. The summed E-state index contributed by atoms with van der Waals surface area (Å²) in [6.07, 6.45) is 2.37. The predicted molar refractivity (Wildman–Crippen MR) is 83.9 cm³/mol. The average molecular weight is 301 g/mol. The summed E-state index contributed by atoms with van der Waals surface area (Å²) in [6, 6.07) is -0.158. The number of nitrogens with two attached hydrogens (primary N) is 1. The molecule has 0 radical (unpaired) electrons. The van der Waals surface area contributed by atoms with Crippen molar-refractivity contribution in [3.63, 3.8) is 0 Å². The maximum absolute atomic E-state index is 12.2. The summed E-state index contributed by atoms with van der Waals surface area (Å²) >= 11 is 0. The van der Waals surface area contributed by atoms with Gasteiger partial charge < -0.3 is 21.5 Å². The molecule has 0 heterocycles. The van der Waals surface area contributed by atoms with Crippen molar-refractivity contribution in [1.29, 1.82) is 0 Å². The average Bonchev–Trinajstić information content (AvgIpc) is 2.38. The van der Waals surface area contributed by atoms with Crippen LogP contribution in [0.3, 0.4) is 0 Å². The fourth-order valence-electron chi connectivity index (χ4n) is 2.46. The van der Waals surface area contributed by atoms with Crippen molar-refractivity contribution in [3.8, 4) is 0 Å². The van der Waals surface area contributed by atoms with Crippen molar-refractivity contribution in [2.75, 3.05) is 13.1 Å². The monoisotopic (exact) mass is 301 g/mol. The lowest BCUT2D eigenvalue weighted by molar-refractivity contribution is -0.138. The number of rotatable bonds is 11. The molecule has 1 atom stereocenters. The first kappa shape index (κ1) is 19.9. The molecule has 0 spiro atoms. The van der Waals surface area contributed by atoms with Gasteiger partial charge in [-0.3, -0.25) is 9.59 Å². The van der Waals surface area contributed by atoms with E-state index >= 15 is 0 Å². The summed E-state index contributed by atoms with van der Waals surface area (Å²) in [5.41, 5.74) is 5.49. The molecule has 0 aromatic carbocycles. The smallest absolute Gasteiger partial charge is 0.322 e. The third-order valence-corrected chi connectivity index (χ3v) is 3.51. The summed E-state index contributed by atoms with van der Waals surface area (Å²) in [6.45, 7) is 8.71. The van der Waals surface area contributed by atoms with Gasteiger partial charge in [-0.05, 0) is 31.2 Å². The van der Waals surface area contributed by atoms with E-state index in [-0.39, 0.29) is 24.5 Å². The van der Waals surface area contributed by atoms with E-state index in [4.69, 9.17) is 10.8 Å². The second kappa shape index (κ2) is 10.6. The molecule has 124 valence electrons. The Morgan fingerprint density at radius 2 is 1.67 bits per heavy atom. The minimum atomic E-state index is -1.03. The largest absolute Gasteiger partial charge is 0.480 e. The number of aliphatic carboxylic acids is 1. The number of carboxylic acid groups (broad SMARTS) is 1. The van der Waals surface area contributed by atoms with Crippen LogP contribution in [0.4, 0.5) is 0 Å². The number of nitrogens with one attached hydrogen (secondary N) is 2. The lowest BCUT2D eigenvalue weighted by atomic mass is 9.91. The fourth-order valence-corrected chi connectivity index (χ4v) is 2.46. The zero-order valence-electron chi connectivity index (χ0n) is 13.7. The van der Waals surface area contributed by atoms with Gasteiger partial charge in [-0.1, -0.05) is 34.1 Å². The second-order valence-corrected chi connectivity index (χ2v) is 6.13. The molecular formula is C15H31N3O3. The van der Waals surface area contributed by atoms with Crippen LogP contribution in [0.25, 0.3) is 0 Å². The van der Waals surface area contributed by atoms with E-state index in [1.807, 2.05) is 0 Å². The van der Waals surface area contributed by atoms with Gasteiger partial charge in [0.15, 0.2) is 0 Å². The molecule has 6 heteroatoms. The Morgan fingerprint density at radius 3 is 2.10 bits per heavy atom. The molecule has 0 aromatic heterocycles. The standard InChI is InChI=1S/C15H31N3O3/c1-10(2)14(11(3)4)18-12(7-5-6-8-16)15(21)17-9-13(19)20/h10-12,14,18H,5-9,16H2,1-4H3,(H,17,21)(H,19,20). The molecule has 6 nitrogen and oxygen atoms in total. The predicted octanol–water partition coefficient (Wildman–Crippen LogP) is 0.955. The first-order valence-corrected chi connectivity index (χ1v) is 7.75. The van der Waals surface area contributed by atoms with Crippen LogP contribution >= 0.6 is 0 Å². The van der Waals surface area contributed by atoms with Gasteiger partial charge in [0.2, 0.25) is 5.91 Å². The third kappa shape index (κ3) is 8.67. The van der Waals surface area contributed by atoms with E-state index in [1.54, 1.807) is 0 Å². The number of hydrogen-bond acceptors (Lipinski definition) is 4. The van der Waals surface area contributed by atoms with E-state index in [0.29, 0.717) is 24.8 Å². The van der Waals surface area contributed by atoms with Crippen molar-refractivity contribution in [1.82, 2.24) is 10.6 Å². The van der Waals surface area contributed by atoms with E-state index in [0.717, 1.165) is 12.8 Å². The third-order valence-electron chi connectivity index (χ3n) is 3.51. The Labute approximate surface area is 127 Å². The van der Waals surface area contributed by atoms with Crippen LogP contribution in [0.5, 0.6) is 0 Å². The highest BCUT2D eigenvalue weighted by Gasteiger charge is 2.25. The maximum atomic E-state index is 12.2. The van der Waals surface area contributed by atoms with Crippen LogP contribution in [0.15, 0.2) is 0 Å². The molecule has 21 heavy (non-hydrogen) atoms. The highest BCUT2D eigenvalue weighted by molar-refractivity contribution is 5.85. The lowest BCUT2D eigenvalue weighted by Crippen LogP contribution is -2.52. The van der Waals surface area contributed by atoms with Crippen LogP contribution in [0, 0.1) is 11.8 Å². The topological polar surface area (TPSA) is 104 Å². The van der Waals surface area contributed by atoms with E-state index in [9.17, 15) is 9.59 Å². The molecule has 0 saturated carbocycles. The number of carbonyl (C=O) groups excluding carboxylic acids is 1. The lowest BCUT2D eigenvalue weighted by Gasteiger charge is -2.30. The van der Waals surface area contributed by atoms with Crippen LogP contribution < -0.4 is 16.4 Å². The Morgan fingerprint density at radius 1 is 1.10 bits per heavy atom. The first-order chi connectivity index (χ1) is 9.79. The van der Waals surface area contributed by atoms with Crippen LogP contribution in [-0.4, -0.2) is 42.2 Å². The number of amides is 1. The van der Waals surface area contributed by atoms with E-state index < -0.39 is 5.97 Å². The van der Waals surface area contributed by atoms with Crippen molar-refractivity contribution >= 4 is 11.9 Å². The molecule has 0 aliphatic heterocycles. The molecule has 1 unspecified atom stereocenters. The normalized spacial score (nSPS) is 13.0. The van der Waals surface area contributed by atoms with E-state index in [2.05, 4.69) is 38.3 Å². The van der Waals surface area contributed by atoms with Crippen molar-refractivity contribution in [2.24, 2.45) is 17.6 Å². The molecule has 0 rings (SSSR count). The van der Waals surface area contributed by atoms with Crippen molar-refractivity contribution < 1.29 is 14.7 Å².